The molecule has 94 valence electrons. The maximum Gasteiger partial charge on any atom is 0.222 e. The van der Waals surface area contributed by atoms with E-state index < -0.39 is 0 Å². The minimum atomic E-state index is -0.269. The van der Waals surface area contributed by atoms with Crippen LogP contribution in [0.3, 0.4) is 0 Å². The van der Waals surface area contributed by atoms with E-state index in [2.05, 4.69) is 11.8 Å². The first kappa shape index (κ1) is 13.4. The number of primary amides is 1. The monoisotopic (exact) mass is 235 g/mol. The number of nitrogen functional groups attached to an aromatic ring is 1. The van der Waals surface area contributed by atoms with E-state index in [0.717, 1.165) is 24.3 Å². The lowest BCUT2D eigenvalue weighted by atomic mass is 10.1. The fraction of sp³-hybridized carbons (Fsp3) is 0.462. The van der Waals surface area contributed by atoms with Crippen LogP contribution >= 0.6 is 0 Å². The minimum absolute atomic E-state index is 0.164. The molecule has 0 fully saturated rings. The van der Waals surface area contributed by atoms with E-state index in [1.165, 1.54) is 0 Å². The van der Waals surface area contributed by atoms with Crippen molar-refractivity contribution in [2.75, 3.05) is 23.7 Å². The van der Waals surface area contributed by atoms with Gasteiger partial charge in [0.1, 0.15) is 0 Å². The van der Waals surface area contributed by atoms with Crippen molar-refractivity contribution >= 4 is 17.3 Å². The lowest BCUT2D eigenvalue weighted by molar-refractivity contribution is -0.121. The van der Waals surface area contributed by atoms with Crippen molar-refractivity contribution in [3.05, 3.63) is 24.3 Å². The van der Waals surface area contributed by atoms with Crippen molar-refractivity contribution in [1.29, 1.82) is 0 Å². The quantitative estimate of drug-likeness (QED) is 0.736. The summed E-state index contributed by atoms with van der Waals surface area (Å²) >= 11 is 0. The van der Waals surface area contributed by atoms with Crippen LogP contribution in [0.25, 0.3) is 0 Å². The molecule has 1 aromatic carbocycles. The van der Waals surface area contributed by atoms with Gasteiger partial charge >= 0.3 is 0 Å². The lowest BCUT2D eigenvalue weighted by Crippen LogP contribution is -2.35. The molecule has 0 saturated carbocycles. The summed E-state index contributed by atoms with van der Waals surface area (Å²) in [6, 6.07) is 7.69. The number of benzene rings is 1. The number of carbonyl (C=O) groups is 1. The molecule has 1 rings (SSSR count). The maximum absolute atomic E-state index is 11.1. The lowest BCUT2D eigenvalue weighted by Gasteiger charge is -2.26. The van der Waals surface area contributed by atoms with Gasteiger partial charge in [-0.15, -0.1) is 0 Å². The molecule has 0 heterocycles. The van der Waals surface area contributed by atoms with Crippen LogP contribution in [0, 0.1) is 5.92 Å². The Bertz CT molecular complexity index is 379. The van der Waals surface area contributed by atoms with Crippen LogP contribution in [0.4, 0.5) is 11.4 Å². The van der Waals surface area contributed by atoms with Crippen LogP contribution in [0.5, 0.6) is 0 Å². The fourth-order valence-corrected chi connectivity index (χ4v) is 1.74. The molecular weight excluding hydrogens is 214 g/mol. The summed E-state index contributed by atoms with van der Waals surface area (Å²) in [6.45, 7) is 5.47. The molecule has 17 heavy (non-hydrogen) atoms. The summed E-state index contributed by atoms with van der Waals surface area (Å²) in [6.07, 6.45) is 1.01. The van der Waals surface area contributed by atoms with E-state index in [4.69, 9.17) is 11.5 Å². The van der Waals surface area contributed by atoms with Gasteiger partial charge in [-0.05, 0) is 24.6 Å². The molecule has 1 aromatic rings. The molecule has 0 aliphatic heterocycles. The van der Waals surface area contributed by atoms with Gasteiger partial charge in [0, 0.05) is 24.5 Å². The van der Waals surface area contributed by atoms with Gasteiger partial charge in [0.25, 0.3) is 0 Å². The highest BCUT2D eigenvalue weighted by Gasteiger charge is 2.14. The molecule has 4 nitrogen and oxygen atoms in total. The molecule has 0 aliphatic rings. The highest BCUT2D eigenvalue weighted by atomic mass is 16.1. The first-order valence-electron chi connectivity index (χ1n) is 5.94. The summed E-state index contributed by atoms with van der Waals surface area (Å²) < 4.78 is 0. The standard InChI is InChI=1S/C13H21N3O/c1-3-7-16(9-10(2)13(15)17)12-6-4-5-11(14)8-12/h4-6,8,10H,3,7,9,14H2,1-2H3,(H2,15,17). The smallest absolute Gasteiger partial charge is 0.222 e. The molecule has 1 atom stereocenters. The summed E-state index contributed by atoms with van der Waals surface area (Å²) in [4.78, 5) is 13.3. The predicted octanol–water partition coefficient (Wildman–Crippen LogP) is 1.61. The van der Waals surface area contributed by atoms with Crippen molar-refractivity contribution in [3.8, 4) is 0 Å². The number of nitrogens with two attached hydrogens (primary N) is 2. The van der Waals surface area contributed by atoms with Crippen molar-refractivity contribution in [1.82, 2.24) is 0 Å². The Labute approximate surface area is 103 Å². The van der Waals surface area contributed by atoms with E-state index >= 15 is 0 Å². The van der Waals surface area contributed by atoms with Gasteiger partial charge in [-0.25, -0.2) is 0 Å². The highest BCUT2D eigenvalue weighted by molar-refractivity contribution is 5.77. The van der Waals surface area contributed by atoms with Crippen LogP contribution in [0.1, 0.15) is 20.3 Å². The number of carbonyl (C=O) groups excluding carboxylic acids is 1. The van der Waals surface area contributed by atoms with Crippen LogP contribution in [-0.2, 0) is 4.79 Å². The number of nitrogens with zero attached hydrogens (tertiary/aromatic N) is 1. The fourth-order valence-electron chi connectivity index (χ4n) is 1.74. The molecule has 1 amide bonds. The molecular formula is C13H21N3O. The minimum Gasteiger partial charge on any atom is -0.399 e. The summed E-state index contributed by atoms with van der Waals surface area (Å²) in [5, 5.41) is 0. The van der Waals surface area contributed by atoms with Crippen molar-refractivity contribution < 1.29 is 4.79 Å². The van der Waals surface area contributed by atoms with E-state index in [-0.39, 0.29) is 11.8 Å². The van der Waals surface area contributed by atoms with Gasteiger partial charge < -0.3 is 16.4 Å². The second-order valence-corrected chi connectivity index (χ2v) is 4.34. The van der Waals surface area contributed by atoms with Crippen LogP contribution in [0.15, 0.2) is 24.3 Å². The third kappa shape index (κ3) is 3.98. The average molecular weight is 235 g/mol. The Morgan fingerprint density at radius 3 is 2.71 bits per heavy atom. The van der Waals surface area contributed by atoms with Crippen LogP contribution in [0.2, 0.25) is 0 Å². The van der Waals surface area contributed by atoms with Crippen molar-refractivity contribution in [2.45, 2.75) is 20.3 Å². The molecule has 0 aliphatic carbocycles. The Morgan fingerprint density at radius 1 is 1.47 bits per heavy atom. The number of anilines is 2. The molecule has 0 radical (unpaired) electrons. The summed E-state index contributed by atoms with van der Waals surface area (Å²) in [5.41, 5.74) is 12.8. The molecule has 0 saturated heterocycles. The average Bonchev–Trinajstić information content (AvgIpc) is 2.28. The first-order valence-corrected chi connectivity index (χ1v) is 5.94. The normalized spacial score (nSPS) is 12.1. The Kier molecular flexibility index (Phi) is 4.82. The van der Waals surface area contributed by atoms with Gasteiger partial charge in [-0.2, -0.15) is 0 Å². The Hall–Kier alpha value is -1.71. The topological polar surface area (TPSA) is 72.3 Å². The van der Waals surface area contributed by atoms with E-state index in [9.17, 15) is 4.79 Å². The third-order valence-corrected chi connectivity index (χ3v) is 2.71. The van der Waals surface area contributed by atoms with Gasteiger partial charge in [0.05, 0.1) is 5.92 Å². The third-order valence-electron chi connectivity index (χ3n) is 2.71. The van der Waals surface area contributed by atoms with Gasteiger partial charge in [0.15, 0.2) is 0 Å². The summed E-state index contributed by atoms with van der Waals surface area (Å²) in [5.74, 6) is -0.432. The molecule has 0 bridgehead atoms. The molecule has 4 N–H and O–H groups in total. The predicted molar refractivity (Wildman–Crippen MR) is 71.7 cm³/mol. The van der Waals surface area contributed by atoms with Crippen LogP contribution in [-0.4, -0.2) is 19.0 Å². The number of amides is 1. The van der Waals surface area contributed by atoms with Gasteiger partial charge in [-0.3, -0.25) is 4.79 Å². The highest BCUT2D eigenvalue weighted by Crippen LogP contribution is 2.19. The molecule has 1 unspecified atom stereocenters. The van der Waals surface area contributed by atoms with Gasteiger partial charge in [-0.1, -0.05) is 19.9 Å². The second-order valence-electron chi connectivity index (χ2n) is 4.34. The zero-order valence-corrected chi connectivity index (χ0v) is 10.5. The van der Waals surface area contributed by atoms with E-state index in [1.807, 2.05) is 31.2 Å². The number of hydrogen-bond donors (Lipinski definition) is 2. The van der Waals surface area contributed by atoms with E-state index in [1.54, 1.807) is 0 Å². The zero-order valence-electron chi connectivity index (χ0n) is 10.5. The molecule has 0 spiro atoms. The zero-order chi connectivity index (χ0) is 12.8. The second kappa shape index (κ2) is 6.13. The molecule has 0 aromatic heterocycles. The Balaban J connectivity index is 2.81. The summed E-state index contributed by atoms with van der Waals surface area (Å²) in [7, 11) is 0. The van der Waals surface area contributed by atoms with Gasteiger partial charge in [0.2, 0.25) is 5.91 Å². The van der Waals surface area contributed by atoms with Crippen molar-refractivity contribution in [2.24, 2.45) is 11.7 Å². The van der Waals surface area contributed by atoms with Crippen LogP contribution < -0.4 is 16.4 Å². The van der Waals surface area contributed by atoms with E-state index in [0.29, 0.717) is 6.54 Å². The Morgan fingerprint density at radius 2 is 2.18 bits per heavy atom. The number of hydrogen-bond acceptors (Lipinski definition) is 3. The number of rotatable bonds is 6. The maximum atomic E-state index is 11.1. The molecule has 4 heteroatoms. The first-order chi connectivity index (χ1) is 8.04. The SMILES string of the molecule is CCCN(CC(C)C(N)=O)c1cccc(N)c1. The largest absolute Gasteiger partial charge is 0.399 e. The van der Waals surface area contributed by atoms with Crippen molar-refractivity contribution in [3.63, 3.8) is 0 Å².